The van der Waals surface area contributed by atoms with E-state index in [0.29, 0.717) is 27.2 Å². The second kappa shape index (κ2) is 10.1. The van der Waals surface area contributed by atoms with Crippen LogP contribution in [0.2, 0.25) is 10.0 Å². The van der Waals surface area contributed by atoms with Crippen LogP contribution in [0, 0.1) is 0 Å². The highest BCUT2D eigenvalue weighted by Gasteiger charge is 2.26. The Bertz CT molecular complexity index is 1280. The van der Waals surface area contributed by atoms with Crippen LogP contribution in [0.15, 0.2) is 41.3 Å². The van der Waals surface area contributed by atoms with Crippen molar-refractivity contribution in [3.05, 3.63) is 52.0 Å². The summed E-state index contributed by atoms with van der Waals surface area (Å²) in [6.07, 6.45) is 4.78. The number of sulfonamides is 1. The number of rotatable bonds is 7. The molecule has 2 N–H and O–H groups in total. The Kier molecular flexibility index (Phi) is 7.34. The van der Waals surface area contributed by atoms with E-state index in [1.807, 2.05) is 12.1 Å². The van der Waals surface area contributed by atoms with Crippen LogP contribution in [0.1, 0.15) is 44.6 Å². The van der Waals surface area contributed by atoms with Gasteiger partial charge in [0, 0.05) is 16.9 Å². The first-order valence-corrected chi connectivity index (χ1v) is 13.3. The monoisotopic (exact) mass is 508 g/mol. The summed E-state index contributed by atoms with van der Waals surface area (Å²) < 4.78 is 34.3. The number of carbonyl (C=O) groups is 1. The predicted octanol–water partition coefficient (Wildman–Crippen LogP) is 5.86. The Morgan fingerprint density at radius 1 is 1.12 bits per heavy atom. The number of fused-ring (bicyclic) bond motifs is 1. The number of carbonyl (C=O) groups excluding carboxylic acids is 1. The Morgan fingerprint density at radius 2 is 1.88 bits per heavy atom. The van der Waals surface area contributed by atoms with Gasteiger partial charge in [-0.15, -0.1) is 0 Å². The minimum absolute atomic E-state index is 0.00204. The molecule has 33 heavy (non-hydrogen) atoms. The van der Waals surface area contributed by atoms with E-state index in [2.05, 4.69) is 9.71 Å². The van der Waals surface area contributed by atoms with Gasteiger partial charge in [-0.3, -0.25) is 4.79 Å². The van der Waals surface area contributed by atoms with Gasteiger partial charge in [0.2, 0.25) is 10.0 Å². The third kappa shape index (κ3) is 5.22. The normalized spacial score (nSPS) is 15.1. The van der Waals surface area contributed by atoms with Gasteiger partial charge in [-0.25, -0.2) is 13.1 Å². The maximum atomic E-state index is 13.2. The van der Waals surface area contributed by atoms with Gasteiger partial charge in [-0.2, -0.15) is 0 Å². The standard InChI is InChI=1S/C24H26Cl2N2O4S/c1-2-32-22(29)14-17-23-19(26)9-6-10-20(23)27-24(17)15-11-12-18(25)21(13-15)33(30,31)28-16-7-4-3-5-8-16/h6,9-13,16,27-28H,2-5,7-8,14H2,1H3. The topological polar surface area (TPSA) is 88.3 Å². The molecule has 3 aromatic rings. The van der Waals surface area contributed by atoms with Gasteiger partial charge in [0.15, 0.2) is 0 Å². The largest absolute Gasteiger partial charge is 0.466 e. The molecule has 0 atom stereocenters. The fourth-order valence-electron chi connectivity index (χ4n) is 4.42. The molecule has 6 nitrogen and oxygen atoms in total. The Balaban J connectivity index is 1.79. The fourth-order valence-corrected chi connectivity index (χ4v) is 6.54. The van der Waals surface area contributed by atoms with Crippen molar-refractivity contribution in [3.8, 4) is 11.3 Å². The van der Waals surface area contributed by atoms with Crippen molar-refractivity contribution in [2.75, 3.05) is 6.61 Å². The van der Waals surface area contributed by atoms with Crippen molar-refractivity contribution in [3.63, 3.8) is 0 Å². The molecule has 176 valence electrons. The molecule has 0 unspecified atom stereocenters. The first kappa shape index (κ1) is 24.1. The lowest BCUT2D eigenvalue weighted by Crippen LogP contribution is -2.36. The molecule has 1 fully saturated rings. The molecular weight excluding hydrogens is 483 g/mol. The average molecular weight is 509 g/mol. The van der Waals surface area contributed by atoms with Crippen LogP contribution in [-0.2, 0) is 26.0 Å². The van der Waals surface area contributed by atoms with Crippen LogP contribution >= 0.6 is 23.2 Å². The van der Waals surface area contributed by atoms with E-state index in [-0.39, 0.29) is 35.0 Å². The van der Waals surface area contributed by atoms with E-state index in [1.54, 1.807) is 31.2 Å². The molecule has 0 aliphatic heterocycles. The van der Waals surface area contributed by atoms with Crippen molar-refractivity contribution in [1.82, 2.24) is 9.71 Å². The number of esters is 1. The highest BCUT2D eigenvalue weighted by atomic mass is 35.5. The Hall–Kier alpha value is -2.06. The number of hydrogen-bond acceptors (Lipinski definition) is 4. The molecule has 0 radical (unpaired) electrons. The number of H-pyrrole nitrogens is 1. The molecular formula is C24H26Cl2N2O4S. The minimum atomic E-state index is -3.82. The van der Waals surface area contributed by atoms with Crippen molar-refractivity contribution < 1.29 is 17.9 Å². The first-order valence-electron chi connectivity index (χ1n) is 11.1. The summed E-state index contributed by atoms with van der Waals surface area (Å²) in [6.45, 7) is 2.01. The van der Waals surface area contributed by atoms with Crippen LogP contribution in [0.4, 0.5) is 0 Å². The first-order chi connectivity index (χ1) is 15.8. The molecule has 1 saturated carbocycles. The summed E-state index contributed by atoms with van der Waals surface area (Å²) in [5.74, 6) is -0.389. The quantitative estimate of drug-likeness (QED) is 0.391. The van der Waals surface area contributed by atoms with Crippen molar-refractivity contribution in [2.45, 2.75) is 56.4 Å². The van der Waals surface area contributed by atoms with Gasteiger partial charge >= 0.3 is 5.97 Å². The lowest BCUT2D eigenvalue weighted by molar-refractivity contribution is -0.142. The summed E-state index contributed by atoms with van der Waals surface area (Å²) in [4.78, 5) is 15.7. The molecule has 0 amide bonds. The van der Waals surface area contributed by atoms with Crippen LogP contribution < -0.4 is 4.72 Å². The number of nitrogens with one attached hydrogen (secondary N) is 2. The van der Waals surface area contributed by atoms with Crippen molar-refractivity contribution in [1.29, 1.82) is 0 Å². The number of ether oxygens (including phenoxy) is 1. The average Bonchev–Trinajstić information content (AvgIpc) is 3.14. The second-order valence-electron chi connectivity index (χ2n) is 8.22. The number of hydrogen-bond donors (Lipinski definition) is 2. The summed E-state index contributed by atoms with van der Waals surface area (Å²) in [5.41, 5.74) is 2.60. The van der Waals surface area contributed by atoms with Crippen molar-refractivity contribution >= 4 is 50.1 Å². The molecule has 1 aromatic heterocycles. The Morgan fingerprint density at radius 3 is 2.61 bits per heavy atom. The number of benzene rings is 2. The zero-order valence-corrected chi connectivity index (χ0v) is 20.6. The maximum Gasteiger partial charge on any atom is 0.310 e. The van der Waals surface area contributed by atoms with Crippen LogP contribution in [0.3, 0.4) is 0 Å². The predicted molar refractivity (Wildman–Crippen MR) is 131 cm³/mol. The summed E-state index contributed by atoms with van der Waals surface area (Å²) in [6, 6.07) is 10.2. The maximum absolute atomic E-state index is 13.2. The van der Waals surface area contributed by atoms with Gasteiger partial charge in [0.05, 0.1) is 28.8 Å². The van der Waals surface area contributed by atoms with Crippen LogP contribution in [0.25, 0.3) is 22.2 Å². The van der Waals surface area contributed by atoms with Gasteiger partial charge in [-0.05, 0) is 55.2 Å². The molecule has 0 saturated heterocycles. The number of halogens is 2. The van der Waals surface area contributed by atoms with Gasteiger partial charge < -0.3 is 9.72 Å². The number of aromatic amines is 1. The molecule has 0 spiro atoms. The highest BCUT2D eigenvalue weighted by molar-refractivity contribution is 7.89. The second-order valence-corrected chi connectivity index (χ2v) is 10.7. The van der Waals surface area contributed by atoms with Crippen LogP contribution in [0.5, 0.6) is 0 Å². The van der Waals surface area contributed by atoms with E-state index in [0.717, 1.165) is 37.6 Å². The summed E-state index contributed by atoms with van der Waals surface area (Å²) in [7, 11) is -3.82. The summed E-state index contributed by atoms with van der Waals surface area (Å²) in [5, 5.41) is 1.35. The lowest BCUT2D eigenvalue weighted by atomic mass is 9.96. The SMILES string of the molecule is CCOC(=O)Cc1c(-c2ccc(Cl)c(S(=O)(=O)NC3CCCCC3)c2)[nH]c2cccc(Cl)c12. The molecule has 0 bridgehead atoms. The molecule has 1 aliphatic rings. The van der Waals surface area contributed by atoms with Gasteiger partial charge in [0.1, 0.15) is 4.90 Å². The lowest BCUT2D eigenvalue weighted by Gasteiger charge is -2.23. The van der Waals surface area contributed by atoms with Gasteiger partial charge in [0.25, 0.3) is 0 Å². The molecule has 1 aliphatic carbocycles. The zero-order valence-electron chi connectivity index (χ0n) is 18.3. The third-order valence-corrected chi connectivity index (χ3v) is 8.26. The van der Waals surface area contributed by atoms with E-state index >= 15 is 0 Å². The van der Waals surface area contributed by atoms with E-state index in [1.165, 1.54) is 0 Å². The highest BCUT2D eigenvalue weighted by Crippen LogP contribution is 2.37. The van der Waals surface area contributed by atoms with E-state index in [9.17, 15) is 13.2 Å². The molecule has 9 heteroatoms. The minimum Gasteiger partial charge on any atom is -0.466 e. The Labute approximate surface area is 203 Å². The van der Waals surface area contributed by atoms with E-state index in [4.69, 9.17) is 27.9 Å². The van der Waals surface area contributed by atoms with Crippen LogP contribution in [-0.4, -0.2) is 32.0 Å². The molecule has 2 aromatic carbocycles. The smallest absolute Gasteiger partial charge is 0.310 e. The zero-order chi connectivity index (χ0) is 23.6. The molecule has 1 heterocycles. The van der Waals surface area contributed by atoms with Crippen molar-refractivity contribution in [2.24, 2.45) is 0 Å². The third-order valence-electron chi connectivity index (χ3n) is 5.94. The summed E-state index contributed by atoms with van der Waals surface area (Å²) >= 11 is 12.8. The van der Waals surface area contributed by atoms with Gasteiger partial charge in [-0.1, -0.05) is 54.6 Å². The molecule has 4 rings (SSSR count). The number of aromatic nitrogens is 1. The van der Waals surface area contributed by atoms with E-state index < -0.39 is 10.0 Å². The fraction of sp³-hybridized carbons (Fsp3) is 0.375.